The Bertz CT molecular complexity index is 1310. The summed E-state index contributed by atoms with van der Waals surface area (Å²) in [6, 6.07) is 7.34. The van der Waals surface area contributed by atoms with E-state index in [1.807, 2.05) is 36.1 Å². The highest BCUT2D eigenvalue weighted by Gasteiger charge is 2.42. The molecule has 2 amide bonds. The van der Waals surface area contributed by atoms with Gasteiger partial charge in [0.15, 0.2) is 5.82 Å². The largest absolute Gasteiger partial charge is 0.385 e. The minimum Gasteiger partial charge on any atom is -0.385 e. The van der Waals surface area contributed by atoms with E-state index >= 15 is 0 Å². The molecule has 1 aliphatic rings. The van der Waals surface area contributed by atoms with Crippen molar-refractivity contribution in [2.45, 2.75) is 51.9 Å². The van der Waals surface area contributed by atoms with Crippen molar-refractivity contribution in [3.05, 3.63) is 77.9 Å². The number of amides is 2. The number of rotatable bonds is 10. The summed E-state index contributed by atoms with van der Waals surface area (Å²) in [7, 11) is 1.52. The fourth-order valence-electron chi connectivity index (χ4n) is 5.26. The fourth-order valence-corrected chi connectivity index (χ4v) is 5.26. The predicted molar refractivity (Wildman–Crippen MR) is 149 cm³/mol. The summed E-state index contributed by atoms with van der Waals surface area (Å²) in [5, 5.41) is 2.96. The van der Waals surface area contributed by atoms with E-state index in [1.54, 1.807) is 37.2 Å². The van der Waals surface area contributed by atoms with E-state index < -0.39 is 23.7 Å². The Morgan fingerprint density at radius 1 is 1.07 bits per heavy atom. The molecule has 4 rings (SSSR count). The molecule has 1 aliphatic heterocycles. The topological polar surface area (TPSA) is 101 Å². The average molecular weight is 567 g/mol. The first-order valence-electron chi connectivity index (χ1n) is 13.7. The number of nitrogens with one attached hydrogen (secondary N) is 1. The molecule has 0 saturated carbocycles. The molecule has 1 N–H and O–H groups in total. The molecule has 1 fully saturated rings. The highest BCUT2D eigenvalue weighted by molar-refractivity contribution is 5.89. The van der Waals surface area contributed by atoms with Gasteiger partial charge >= 0.3 is 0 Å². The lowest BCUT2D eigenvalue weighted by atomic mass is 9.96. The van der Waals surface area contributed by atoms with Crippen molar-refractivity contribution in [2.75, 3.05) is 26.8 Å². The van der Waals surface area contributed by atoms with Crippen LogP contribution in [0.4, 0.5) is 8.78 Å². The van der Waals surface area contributed by atoms with Gasteiger partial charge in [-0.1, -0.05) is 38.1 Å². The second-order valence-electron chi connectivity index (χ2n) is 10.5. The average Bonchev–Trinajstić information content (AvgIpc) is 2.97. The number of benzene rings is 1. The first kappa shape index (κ1) is 30.1. The number of halogens is 2. The zero-order chi connectivity index (χ0) is 29.5. The third-order valence-electron chi connectivity index (χ3n) is 7.27. The molecular formula is C30H36F2N6O3. The van der Waals surface area contributed by atoms with Gasteiger partial charge in [0.25, 0.3) is 0 Å². The van der Waals surface area contributed by atoms with Gasteiger partial charge in [-0.15, -0.1) is 0 Å². The molecule has 9 nitrogen and oxygen atoms in total. The molecule has 0 bridgehead atoms. The first-order valence-corrected chi connectivity index (χ1v) is 13.7. The maximum atomic E-state index is 14.9. The summed E-state index contributed by atoms with van der Waals surface area (Å²) in [5.74, 6) is -1.74. The van der Waals surface area contributed by atoms with Gasteiger partial charge in [0, 0.05) is 74.9 Å². The molecule has 0 aliphatic carbocycles. The van der Waals surface area contributed by atoms with Crippen molar-refractivity contribution < 1.29 is 23.1 Å². The summed E-state index contributed by atoms with van der Waals surface area (Å²) in [4.78, 5) is 42.5. The molecule has 3 heterocycles. The van der Waals surface area contributed by atoms with Crippen molar-refractivity contribution in [2.24, 2.45) is 5.92 Å². The van der Waals surface area contributed by atoms with Crippen molar-refractivity contribution >= 4 is 11.8 Å². The molecule has 0 unspecified atom stereocenters. The number of piperazine rings is 1. The fraction of sp³-hybridized carbons (Fsp3) is 0.433. The Morgan fingerprint density at radius 3 is 2.34 bits per heavy atom. The van der Waals surface area contributed by atoms with E-state index in [0.717, 1.165) is 23.5 Å². The van der Waals surface area contributed by atoms with Gasteiger partial charge in [0.1, 0.15) is 17.7 Å². The van der Waals surface area contributed by atoms with Gasteiger partial charge in [-0.05, 0) is 25.0 Å². The van der Waals surface area contributed by atoms with Gasteiger partial charge in [-0.2, -0.15) is 0 Å². The molecule has 218 valence electrons. The lowest BCUT2D eigenvalue weighted by Crippen LogP contribution is -2.65. The Kier molecular flexibility index (Phi) is 10.1. The lowest BCUT2D eigenvalue weighted by molar-refractivity contribution is -0.151. The standard InChI is InChI=1S/C30H36F2N6O3/c1-19(2)30(40)38-20(3)17-37(25(10-13-41-4)27-23(31)15-33-16-24(27)32)18-26(38)29(39)36-14-21-6-8-22(9-7-21)28-34-11-5-12-35-28/h5-9,11-12,15-16,19-20,25-26H,10,13-14,17-18H2,1-4H3,(H,36,39)/t20-,25-,26-/m1/s1. The quantitative estimate of drug-likeness (QED) is 0.399. The van der Waals surface area contributed by atoms with Crippen LogP contribution in [0.1, 0.15) is 44.4 Å². The first-order chi connectivity index (χ1) is 19.7. The predicted octanol–water partition coefficient (Wildman–Crippen LogP) is 3.77. The molecule has 3 atom stereocenters. The van der Waals surface area contributed by atoms with Crippen molar-refractivity contribution in [1.82, 2.24) is 30.1 Å². The maximum Gasteiger partial charge on any atom is 0.244 e. The smallest absolute Gasteiger partial charge is 0.244 e. The molecular weight excluding hydrogens is 530 g/mol. The van der Waals surface area contributed by atoms with Crippen LogP contribution < -0.4 is 5.32 Å². The second-order valence-corrected chi connectivity index (χ2v) is 10.5. The number of carbonyl (C=O) groups excluding carboxylic acids is 2. The summed E-state index contributed by atoms with van der Waals surface area (Å²) in [6.07, 6.45) is 5.61. The van der Waals surface area contributed by atoms with Crippen molar-refractivity contribution in [3.8, 4) is 11.4 Å². The summed E-state index contributed by atoms with van der Waals surface area (Å²) in [6.45, 7) is 6.37. The second kappa shape index (κ2) is 13.7. The normalized spacial score (nSPS) is 18.4. The van der Waals surface area contributed by atoms with Crippen LogP contribution in [0.15, 0.2) is 55.1 Å². The van der Waals surface area contributed by atoms with E-state index in [-0.39, 0.29) is 49.0 Å². The van der Waals surface area contributed by atoms with Crippen LogP contribution in [0.5, 0.6) is 0 Å². The molecule has 1 saturated heterocycles. The van der Waals surface area contributed by atoms with Crippen molar-refractivity contribution in [3.63, 3.8) is 0 Å². The zero-order valence-electron chi connectivity index (χ0n) is 23.8. The zero-order valence-corrected chi connectivity index (χ0v) is 23.8. The maximum absolute atomic E-state index is 14.9. The highest BCUT2D eigenvalue weighted by atomic mass is 19.1. The van der Waals surface area contributed by atoms with Crippen LogP contribution in [0.25, 0.3) is 11.4 Å². The minimum absolute atomic E-state index is 0.106. The van der Waals surface area contributed by atoms with Gasteiger partial charge in [-0.3, -0.25) is 19.5 Å². The number of methoxy groups -OCH3 is 1. The molecule has 1 aromatic carbocycles. The minimum atomic E-state index is -0.858. The summed E-state index contributed by atoms with van der Waals surface area (Å²) in [5.41, 5.74) is 1.60. The van der Waals surface area contributed by atoms with Crippen LogP contribution >= 0.6 is 0 Å². The number of carbonyl (C=O) groups is 2. The Balaban J connectivity index is 1.56. The summed E-state index contributed by atoms with van der Waals surface area (Å²) >= 11 is 0. The van der Waals surface area contributed by atoms with Gasteiger partial charge in [0.2, 0.25) is 11.8 Å². The lowest BCUT2D eigenvalue weighted by Gasteiger charge is -2.48. The number of aromatic nitrogens is 3. The number of hydrogen-bond acceptors (Lipinski definition) is 7. The Morgan fingerprint density at radius 2 is 1.73 bits per heavy atom. The van der Waals surface area contributed by atoms with Gasteiger partial charge in [0.05, 0.1) is 12.4 Å². The molecule has 3 aromatic rings. The summed E-state index contributed by atoms with van der Waals surface area (Å²) < 4.78 is 35.0. The van der Waals surface area contributed by atoms with E-state index in [0.29, 0.717) is 18.8 Å². The molecule has 0 spiro atoms. The van der Waals surface area contributed by atoms with E-state index in [2.05, 4.69) is 20.3 Å². The Labute approximate surface area is 239 Å². The van der Waals surface area contributed by atoms with Crippen LogP contribution in [-0.4, -0.2) is 75.5 Å². The van der Waals surface area contributed by atoms with Crippen LogP contribution in [-0.2, 0) is 20.9 Å². The molecule has 2 aromatic heterocycles. The third-order valence-corrected chi connectivity index (χ3v) is 7.27. The van der Waals surface area contributed by atoms with Crippen LogP contribution in [0.2, 0.25) is 0 Å². The monoisotopic (exact) mass is 566 g/mol. The Hall–Kier alpha value is -3.83. The number of nitrogens with zero attached hydrogens (tertiary/aromatic N) is 5. The van der Waals surface area contributed by atoms with Crippen molar-refractivity contribution in [1.29, 1.82) is 0 Å². The molecule has 0 radical (unpaired) electrons. The van der Waals surface area contributed by atoms with Gasteiger partial charge < -0.3 is 15.0 Å². The number of ether oxygens (including phenoxy) is 1. The third kappa shape index (κ3) is 7.09. The highest BCUT2D eigenvalue weighted by Crippen LogP contribution is 2.32. The van der Waals surface area contributed by atoms with E-state index in [1.165, 1.54) is 7.11 Å². The molecule has 41 heavy (non-hydrogen) atoms. The SMILES string of the molecule is COCC[C@H](c1c(F)cncc1F)N1C[C@@H](C)N(C(=O)C(C)C)[C@@H](C(=O)NCc2ccc(-c3ncccn3)cc2)C1. The van der Waals surface area contributed by atoms with Gasteiger partial charge in [-0.25, -0.2) is 18.7 Å². The van der Waals surface area contributed by atoms with E-state index in [9.17, 15) is 18.4 Å². The van der Waals surface area contributed by atoms with Crippen LogP contribution in [0, 0.1) is 17.6 Å². The van der Waals surface area contributed by atoms with E-state index in [4.69, 9.17) is 4.74 Å². The van der Waals surface area contributed by atoms with Crippen LogP contribution in [0.3, 0.4) is 0 Å². The molecule has 11 heteroatoms. The number of pyridine rings is 1. The number of hydrogen-bond donors (Lipinski definition) is 1.